The van der Waals surface area contributed by atoms with Crippen molar-refractivity contribution in [2.75, 3.05) is 13.3 Å². The first-order chi connectivity index (χ1) is 9.55. The Kier molecular flexibility index (Phi) is 4.43. The molecule has 2 rings (SSSR count). The minimum absolute atomic E-state index is 0.139. The number of aromatic nitrogens is 1. The van der Waals surface area contributed by atoms with E-state index in [0.717, 1.165) is 6.08 Å². The average molecular weight is 316 g/mol. The molecule has 106 valence electrons. The summed E-state index contributed by atoms with van der Waals surface area (Å²) >= 11 is 5.93. The lowest BCUT2D eigenvalue weighted by atomic mass is 10.2. The summed E-state index contributed by atoms with van der Waals surface area (Å²) in [5.41, 5.74) is 0.771. The molecule has 0 bridgehead atoms. The van der Waals surface area contributed by atoms with E-state index in [4.69, 9.17) is 16.1 Å². The van der Waals surface area contributed by atoms with Gasteiger partial charge in [-0.05, 0) is 24.3 Å². The number of allylic oxidation sites excluding steroid dienone is 1. The number of hydrogen-bond acceptors (Lipinski definition) is 3. The van der Waals surface area contributed by atoms with Gasteiger partial charge in [-0.3, -0.25) is 9.36 Å². The summed E-state index contributed by atoms with van der Waals surface area (Å²) in [6.45, 7) is 0. The van der Waals surface area contributed by atoms with E-state index in [1.165, 1.54) is 7.11 Å². The van der Waals surface area contributed by atoms with Crippen LogP contribution in [0.15, 0.2) is 30.6 Å². The Hall–Kier alpha value is -1.42. The van der Waals surface area contributed by atoms with Crippen molar-refractivity contribution < 1.29 is 18.3 Å². The molecule has 1 atom stereocenters. The maximum absolute atomic E-state index is 12.8. The van der Waals surface area contributed by atoms with Gasteiger partial charge < -0.3 is 9.51 Å². The van der Waals surface area contributed by atoms with Crippen LogP contribution in [0.1, 0.15) is 10.5 Å². The molecule has 0 aliphatic carbocycles. The highest BCUT2D eigenvalue weighted by atomic mass is 35.5. The number of hydrogen-bond donors (Lipinski definition) is 1. The number of carbonyl (C=O) groups excluding carboxylic acids is 1. The van der Waals surface area contributed by atoms with Gasteiger partial charge in [0.25, 0.3) is 0 Å². The summed E-state index contributed by atoms with van der Waals surface area (Å²) in [4.78, 5) is 14.0. The molecule has 1 aromatic carbocycles. The number of carbonyl (C=O) groups is 1. The minimum Gasteiger partial charge on any atom is -0.352 e. The maximum Gasteiger partial charge on any atom is 0.238 e. The lowest BCUT2D eigenvalue weighted by molar-refractivity contribution is 0.112. The summed E-state index contributed by atoms with van der Waals surface area (Å²) in [5, 5.41) is 1.22. The third-order valence-electron chi connectivity index (χ3n) is 2.95. The molecular weight excluding hydrogens is 304 g/mol. The Morgan fingerprint density at radius 1 is 1.50 bits per heavy atom. The maximum atomic E-state index is 12.8. The fourth-order valence-corrected chi connectivity index (χ4v) is 4.13. The highest BCUT2D eigenvalue weighted by Gasteiger charge is 2.30. The lowest BCUT2D eigenvalue weighted by Crippen LogP contribution is -2.12. The zero-order valence-corrected chi connectivity index (χ0v) is 12.2. The third-order valence-corrected chi connectivity index (χ3v) is 5.63. The molecule has 2 aromatic rings. The first kappa shape index (κ1) is 15.0. The smallest absolute Gasteiger partial charge is 0.238 e. The second-order valence-corrected chi connectivity index (χ2v) is 7.06. The van der Waals surface area contributed by atoms with Crippen molar-refractivity contribution in [3.05, 3.63) is 41.3 Å². The van der Waals surface area contributed by atoms with Crippen molar-refractivity contribution in [1.29, 1.82) is 0 Å². The topological polar surface area (TPSA) is 59.2 Å². The number of halogens is 2. The Morgan fingerprint density at radius 2 is 2.25 bits per heavy atom. The van der Waals surface area contributed by atoms with Crippen LogP contribution in [0.5, 0.6) is 0 Å². The summed E-state index contributed by atoms with van der Waals surface area (Å²) in [6, 6.07) is 4.93. The van der Waals surface area contributed by atoms with Crippen LogP contribution in [0, 0.1) is 0 Å². The fourth-order valence-electron chi connectivity index (χ4n) is 2.06. The van der Waals surface area contributed by atoms with E-state index >= 15 is 0 Å². The summed E-state index contributed by atoms with van der Waals surface area (Å²) < 4.78 is 30.1. The second-order valence-electron chi connectivity index (χ2n) is 4.10. The van der Waals surface area contributed by atoms with Gasteiger partial charge in [0.15, 0.2) is 6.29 Å². The standard InChI is InChI=1S/C13H12ClFNO3P/c1-19-20(18,6-2-5-15)13-10-7-9(14)3-4-11(10)16-12(13)8-17/h2-5,7-8,16H,6H2,1H3/b5-2+. The number of aromatic amines is 1. The molecule has 0 aliphatic rings. The van der Waals surface area contributed by atoms with Crippen LogP contribution in [0.2, 0.25) is 5.02 Å². The first-order valence-corrected chi connectivity index (χ1v) is 7.91. The molecule has 0 saturated carbocycles. The van der Waals surface area contributed by atoms with Gasteiger partial charge in [0.1, 0.15) is 0 Å². The highest BCUT2D eigenvalue weighted by Crippen LogP contribution is 2.48. The predicted molar refractivity (Wildman–Crippen MR) is 78.1 cm³/mol. The molecule has 4 nitrogen and oxygen atoms in total. The van der Waals surface area contributed by atoms with Gasteiger partial charge in [0, 0.05) is 29.2 Å². The van der Waals surface area contributed by atoms with Crippen molar-refractivity contribution in [3.63, 3.8) is 0 Å². The SMILES string of the molecule is COP(=O)(C/C=C/F)c1c(C=O)[nH]c2ccc(Cl)cc12. The zero-order chi connectivity index (χ0) is 14.8. The van der Waals surface area contributed by atoms with Gasteiger partial charge >= 0.3 is 0 Å². The van der Waals surface area contributed by atoms with Crippen molar-refractivity contribution in [2.45, 2.75) is 0 Å². The number of H-pyrrole nitrogens is 1. The Bertz CT molecular complexity index is 726. The van der Waals surface area contributed by atoms with E-state index in [-0.39, 0.29) is 17.2 Å². The first-order valence-electron chi connectivity index (χ1n) is 5.72. The number of nitrogens with one attached hydrogen (secondary N) is 1. The van der Waals surface area contributed by atoms with Gasteiger partial charge in [-0.25, -0.2) is 4.39 Å². The van der Waals surface area contributed by atoms with Crippen LogP contribution in [0.4, 0.5) is 4.39 Å². The zero-order valence-electron chi connectivity index (χ0n) is 10.6. The molecule has 0 radical (unpaired) electrons. The molecule has 1 unspecified atom stereocenters. The Morgan fingerprint density at radius 3 is 2.85 bits per heavy atom. The van der Waals surface area contributed by atoms with Gasteiger partial charge in [0.2, 0.25) is 7.37 Å². The largest absolute Gasteiger partial charge is 0.352 e. The van der Waals surface area contributed by atoms with E-state index in [1.807, 2.05) is 0 Å². The molecule has 0 spiro atoms. The molecule has 1 aromatic heterocycles. The summed E-state index contributed by atoms with van der Waals surface area (Å²) in [7, 11) is -2.12. The predicted octanol–water partition coefficient (Wildman–Crippen LogP) is 3.67. The molecule has 0 saturated heterocycles. The van der Waals surface area contributed by atoms with Gasteiger partial charge in [-0.15, -0.1) is 0 Å². The quantitative estimate of drug-likeness (QED) is 0.676. The van der Waals surface area contributed by atoms with E-state index in [1.54, 1.807) is 18.2 Å². The normalized spacial score (nSPS) is 14.8. The van der Waals surface area contributed by atoms with Crippen molar-refractivity contribution in [2.24, 2.45) is 0 Å². The molecule has 7 heteroatoms. The molecule has 20 heavy (non-hydrogen) atoms. The van der Waals surface area contributed by atoms with Crippen molar-refractivity contribution in [1.82, 2.24) is 4.98 Å². The molecular formula is C13H12ClFNO3P. The van der Waals surface area contributed by atoms with Crippen LogP contribution in [0.3, 0.4) is 0 Å². The molecule has 0 fully saturated rings. The number of benzene rings is 1. The number of rotatable bonds is 5. The van der Waals surface area contributed by atoms with E-state index in [9.17, 15) is 13.8 Å². The summed E-state index contributed by atoms with van der Waals surface area (Å²) in [5.74, 6) is 0. The fraction of sp³-hybridized carbons (Fsp3) is 0.154. The molecule has 0 aliphatic heterocycles. The van der Waals surface area contributed by atoms with Crippen LogP contribution in [-0.2, 0) is 9.09 Å². The van der Waals surface area contributed by atoms with E-state index in [2.05, 4.69) is 4.98 Å². The lowest BCUT2D eigenvalue weighted by Gasteiger charge is -2.14. The van der Waals surface area contributed by atoms with Gasteiger partial charge in [0.05, 0.1) is 17.3 Å². The number of aldehydes is 1. The number of fused-ring (bicyclic) bond motifs is 1. The van der Waals surface area contributed by atoms with E-state index < -0.39 is 7.37 Å². The van der Waals surface area contributed by atoms with Gasteiger partial charge in [-0.2, -0.15) is 0 Å². The van der Waals surface area contributed by atoms with Crippen molar-refractivity contribution in [3.8, 4) is 0 Å². The Balaban J connectivity index is 2.75. The van der Waals surface area contributed by atoms with Crippen LogP contribution in [-0.4, -0.2) is 24.5 Å². The van der Waals surface area contributed by atoms with Crippen molar-refractivity contribution >= 4 is 41.5 Å². The Labute approximate surface area is 120 Å². The minimum atomic E-state index is -3.39. The van der Waals surface area contributed by atoms with E-state index in [0.29, 0.717) is 28.5 Å². The van der Waals surface area contributed by atoms with Crippen LogP contribution in [0.25, 0.3) is 10.9 Å². The monoisotopic (exact) mass is 315 g/mol. The average Bonchev–Trinajstić information content (AvgIpc) is 2.83. The highest BCUT2D eigenvalue weighted by molar-refractivity contribution is 7.67. The molecule has 1 heterocycles. The van der Waals surface area contributed by atoms with Crippen LogP contribution >= 0.6 is 19.0 Å². The summed E-state index contributed by atoms with van der Waals surface area (Å²) in [6.07, 6.45) is 1.82. The van der Waals surface area contributed by atoms with Gasteiger partial charge in [-0.1, -0.05) is 11.6 Å². The second kappa shape index (κ2) is 5.92. The van der Waals surface area contributed by atoms with Crippen LogP contribution < -0.4 is 5.30 Å². The third kappa shape index (κ3) is 2.57. The molecule has 0 amide bonds. The molecule has 1 N–H and O–H groups in total.